The van der Waals surface area contributed by atoms with Crippen LogP contribution in [0.5, 0.6) is 0 Å². The van der Waals surface area contributed by atoms with Gasteiger partial charge in [0.15, 0.2) is 11.5 Å². The van der Waals surface area contributed by atoms with E-state index in [0.29, 0.717) is 30.4 Å². The van der Waals surface area contributed by atoms with Crippen LogP contribution in [-0.4, -0.2) is 33.3 Å². The number of hydrogen-bond acceptors (Lipinski definition) is 7. The van der Waals surface area contributed by atoms with Crippen molar-refractivity contribution in [3.63, 3.8) is 0 Å². The van der Waals surface area contributed by atoms with Gasteiger partial charge in [-0.2, -0.15) is 4.98 Å². The van der Waals surface area contributed by atoms with Gasteiger partial charge >= 0.3 is 0 Å². The van der Waals surface area contributed by atoms with Crippen molar-refractivity contribution < 1.29 is 14.0 Å². The summed E-state index contributed by atoms with van der Waals surface area (Å²) in [6.07, 6.45) is 2.95. The van der Waals surface area contributed by atoms with E-state index < -0.39 is 5.60 Å². The van der Waals surface area contributed by atoms with Gasteiger partial charge in [-0.3, -0.25) is 0 Å². The third-order valence-corrected chi connectivity index (χ3v) is 3.03. The summed E-state index contributed by atoms with van der Waals surface area (Å²) >= 11 is 0. The van der Waals surface area contributed by atoms with Crippen LogP contribution in [0.3, 0.4) is 0 Å². The molecule has 0 radical (unpaired) electrons. The lowest BCUT2D eigenvalue weighted by Crippen LogP contribution is -2.43. The SMILES string of the molecule is Cc1nc(-c2noc(C3(O)CCCNC3)n2)co1. The van der Waals surface area contributed by atoms with E-state index in [9.17, 15) is 5.11 Å². The molecule has 2 aromatic rings. The minimum absolute atomic E-state index is 0.227. The van der Waals surface area contributed by atoms with Gasteiger partial charge in [-0.05, 0) is 19.4 Å². The molecule has 0 aliphatic carbocycles. The molecule has 1 aliphatic rings. The summed E-state index contributed by atoms with van der Waals surface area (Å²) in [5, 5.41) is 17.3. The Labute approximate surface area is 103 Å². The molecule has 2 aromatic heterocycles. The van der Waals surface area contributed by atoms with Crippen molar-refractivity contribution in [2.45, 2.75) is 25.4 Å². The molecule has 0 amide bonds. The van der Waals surface area contributed by atoms with E-state index in [4.69, 9.17) is 8.94 Å². The molecule has 1 unspecified atom stereocenters. The summed E-state index contributed by atoms with van der Waals surface area (Å²) in [4.78, 5) is 8.31. The first kappa shape index (κ1) is 11.4. The van der Waals surface area contributed by atoms with Crippen molar-refractivity contribution in [3.8, 4) is 11.5 Å². The lowest BCUT2D eigenvalue weighted by molar-refractivity contribution is -0.0167. The first-order chi connectivity index (χ1) is 8.67. The fourth-order valence-corrected chi connectivity index (χ4v) is 2.05. The van der Waals surface area contributed by atoms with Crippen LogP contribution in [0.4, 0.5) is 0 Å². The van der Waals surface area contributed by atoms with Gasteiger partial charge in [0.2, 0.25) is 5.82 Å². The minimum atomic E-state index is -1.08. The summed E-state index contributed by atoms with van der Waals surface area (Å²) in [5.41, 5.74) is -0.572. The Morgan fingerprint density at radius 2 is 2.33 bits per heavy atom. The highest BCUT2D eigenvalue weighted by Gasteiger charge is 2.37. The average Bonchev–Trinajstić information content (AvgIpc) is 2.98. The molecular formula is C11H14N4O3. The molecule has 0 aromatic carbocycles. The van der Waals surface area contributed by atoms with Crippen molar-refractivity contribution in [1.29, 1.82) is 0 Å². The van der Waals surface area contributed by atoms with E-state index >= 15 is 0 Å². The number of rotatable bonds is 2. The second-order valence-corrected chi connectivity index (χ2v) is 4.49. The number of aliphatic hydroxyl groups is 1. The highest BCUT2D eigenvalue weighted by atomic mass is 16.5. The van der Waals surface area contributed by atoms with Gasteiger partial charge < -0.3 is 19.4 Å². The van der Waals surface area contributed by atoms with Gasteiger partial charge in [0.05, 0.1) is 0 Å². The van der Waals surface area contributed by atoms with Crippen LogP contribution >= 0.6 is 0 Å². The van der Waals surface area contributed by atoms with Crippen LogP contribution < -0.4 is 5.32 Å². The Bertz CT molecular complexity index is 542. The van der Waals surface area contributed by atoms with E-state index in [1.165, 1.54) is 6.26 Å². The highest BCUT2D eigenvalue weighted by molar-refractivity contribution is 5.45. The maximum atomic E-state index is 10.4. The third-order valence-electron chi connectivity index (χ3n) is 3.03. The van der Waals surface area contributed by atoms with E-state index in [-0.39, 0.29) is 5.89 Å². The number of nitrogens with zero attached hydrogens (tertiary/aromatic N) is 3. The topological polar surface area (TPSA) is 97.2 Å². The van der Waals surface area contributed by atoms with Crippen molar-refractivity contribution in [2.75, 3.05) is 13.1 Å². The number of oxazole rings is 1. The Morgan fingerprint density at radius 1 is 1.44 bits per heavy atom. The Kier molecular flexibility index (Phi) is 2.64. The zero-order valence-electron chi connectivity index (χ0n) is 10.0. The van der Waals surface area contributed by atoms with Crippen LogP contribution in [-0.2, 0) is 5.60 Å². The van der Waals surface area contributed by atoms with Crippen LogP contribution in [0.2, 0.25) is 0 Å². The molecule has 1 fully saturated rings. The van der Waals surface area contributed by atoms with Gasteiger partial charge in [0.1, 0.15) is 12.0 Å². The summed E-state index contributed by atoms with van der Waals surface area (Å²) < 4.78 is 10.2. The number of nitrogens with one attached hydrogen (secondary N) is 1. The summed E-state index contributed by atoms with van der Waals surface area (Å²) in [6, 6.07) is 0. The van der Waals surface area contributed by atoms with Crippen LogP contribution in [0.15, 0.2) is 15.2 Å². The van der Waals surface area contributed by atoms with Crippen molar-refractivity contribution in [1.82, 2.24) is 20.4 Å². The summed E-state index contributed by atoms with van der Waals surface area (Å²) in [7, 11) is 0. The Balaban J connectivity index is 1.89. The molecule has 0 bridgehead atoms. The van der Waals surface area contributed by atoms with Crippen LogP contribution in [0.1, 0.15) is 24.6 Å². The normalized spacial score (nSPS) is 24.3. The smallest absolute Gasteiger partial charge is 0.260 e. The molecule has 7 heteroatoms. The number of piperidine rings is 1. The third kappa shape index (κ3) is 1.91. The number of aromatic nitrogens is 3. The largest absolute Gasteiger partial charge is 0.449 e. The molecule has 0 saturated carbocycles. The standard InChI is InChI=1S/C11H14N4O3/c1-7-13-8(5-17-7)9-14-10(18-15-9)11(16)3-2-4-12-6-11/h5,12,16H,2-4,6H2,1H3. The predicted molar refractivity (Wildman–Crippen MR) is 60.5 cm³/mol. The van der Waals surface area contributed by atoms with Gasteiger partial charge in [0, 0.05) is 13.5 Å². The first-order valence-electron chi connectivity index (χ1n) is 5.87. The van der Waals surface area contributed by atoms with Crippen LogP contribution in [0, 0.1) is 6.92 Å². The van der Waals surface area contributed by atoms with E-state index in [1.807, 2.05) is 0 Å². The number of hydrogen-bond donors (Lipinski definition) is 2. The van der Waals surface area contributed by atoms with Crippen molar-refractivity contribution in [3.05, 3.63) is 18.0 Å². The van der Waals surface area contributed by atoms with E-state index in [2.05, 4.69) is 20.4 Å². The summed E-state index contributed by atoms with van der Waals surface area (Å²) in [6.45, 7) is 3.06. The zero-order valence-corrected chi connectivity index (χ0v) is 10.0. The van der Waals surface area contributed by atoms with Gasteiger partial charge in [-0.25, -0.2) is 4.98 Å². The highest BCUT2D eigenvalue weighted by Crippen LogP contribution is 2.28. The maximum absolute atomic E-state index is 10.4. The van der Waals surface area contributed by atoms with Gasteiger partial charge in [-0.1, -0.05) is 5.16 Å². The maximum Gasteiger partial charge on any atom is 0.260 e. The second-order valence-electron chi connectivity index (χ2n) is 4.49. The molecule has 7 nitrogen and oxygen atoms in total. The predicted octanol–water partition coefficient (Wildman–Crippen LogP) is 0.604. The van der Waals surface area contributed by atoms with Crippen LogP contribution in [0.25, 0.3) is 11.5 Å². The zero-order chi connectivity index (χ0) is 12.6. The Hall–Kier alpha value is -1.73. The average molecular weight is 250 g/mol. The van der Waals surface area contributed by atoms with Gasteiger partial charge in [0.25, 0.3) is 5.89 Å². The molecule has 18 heavy (non-hydrogen) atoms. The fraction of sp³-hybridized carbons (Fsp3) is 0.545. The summed E-state index contributed by atoms with van der Waals surface area (Å²) in [5.74, 6) is 1.10. The monoisotopic (exact) mass is 250 g/mol. The molecule has 1 saturated heterocycles. The molecule has 0 spiro atoms. The second kappa shape index (κ2) is 4.18. The van der Waals surface area contributed by atoms with E-state index in [1.54, 1.807) is 6.92 Å². The van der Waals surface area contributed by atoms with Crippen molar-refractivity contribution in [2.24, 2.45) is 0 Å². The molecule has 96 valence electrons. The molecule has 1 atom stereocenters. The van der Waals surface area contributed by atoms with Gasteiger partial charge in [-0.15, -0.1) is 0 Å². The lowest BCUT2D eigenvalue weighted by atomic mass is 9.94. The lowest BCUT2D eigenvalue weighted by Gasteiger charge is -2.28. The van der Waals surface area contributed by atoms with Crippen molar-refractivity contribution >= 4 is 0 Å². The molecule has 2 N–H and O–H groups in total. The number of aryl methyl sites for hydroxylation is 1. The Morgan fingerprint density at radius 3 is 3.00 bits per heavy atom. The molecule has 3 rings (SSSR count). The minimum Gasteiger partial charge on any atom is -0.449 e. The number of β-amino-alcohol motifs (C(OH)–C–C–N with tert-alkyl or cyclic N) is 1. The fourth-order valence-electron chi connectivity index (χ4n) is 2.05. The molecular weight excluding hydrogens is 236 g/mol. The molecule has 1 aliphatic heterocycles. The first-order valence-corrected chi connectivity index (χ1v) is 5.87. The molecule has 3 heterocycles. The quantitative estimate of drug-likeness (QED) is 0.805. The van der Waals surface area contributed by atoms with E-state index in [0.717, 1.165) is 13.0 Å².